The molecular formula is C18H29NO2. The Balaban J connectivity index is 1.84. The van der Waals surface area contributed by atoms with Crippen molar-refractivity contribution in [2.45, 2.75) is 57.1 Å². The molecule has 0 aliphatic heterocycles. The van der Waals surface area contributed by atoms with Gasteiger partial charge >= 0.3 is 0 Å². The van der Waals surface area contributed by atoms with E-state index in [1.165, 1.54) is 37.7 Å². The van der Waals surface area contributed by atoms with E-state index in [9.17, 15) is 0 Å². The minimum Gasteiger partial charge on any atom is -0.497 e. The molecule has 0 spiro atoms. The number of nitrogens with two attached hydrogens (primary N) is 1. The van der Waals surface area contributed by atoms with Gasteiger partial charge in [0, 0.05) is 13.2 Å². The zero-order chi connectivity index (χ0) is 15.1. The molecule has 2 N–H and O–H groups in total. The molecule has 3 heteroatoms. The second-order valence-electron chi connectivity index (χ2n) is 6.15. The number of hydrogen-bond donors (Lipinski definition) is 1. The van der Waals surface area contributed by atoms with Gasteiger partial charge in [0.25, 0.3) is 0 Å². The van der Waals surface area contributed by atoms with E-state index in [0.717, 1.165) is 18.6 Å². The Morgan fingerprint density at radius 1 is 1.10 bits per heavy atom. The smallest absolute Gasteiger partial charge is 0.118 e. The van der Waals surface area contributed by atoms with Crippen molar-refractivity contribution in [2.75, 3.05) is 14.2 Å². The van der Waals surface area contributed by atoms with Crippen LogP contribution in [0, 0.1) is 5.92 Å². The first kappa shape index (κ1) is 16.3. The van der Waals surface area contributed by atoms with Crippen molar-refractivity contribution in [3.05, 3.63) is 29.8 Å². The SMILES string of the molecule is COc1ccc(CCC(N)C(OC)C2CCCCC2)cc1. The van der Waals surface area contributed by atoms with Crippen LogP contribution >= 0.6 is 0 Å². The lowest BCUT2D eigenvalue weighted by Crippen LogP contribution is -2.42. The third-order valence-electron chi connectivity index (χ3n) is 4.73. The van der Waals surface area contributed by atoms with Crippen LogP contribution in [0.5, 0.6) is 5.75 Å². The molecule has 0 radical (unpaired) electrons. The zero-order valence-electron chi connectivity index (χ0n) is 13.4. The maximum atomic E-state index is 6.41. The molecule has 0 bridgehead atoms. The summed E-state index contributed by atoms with van der Waals surface area (Å²) in [4.78, 5) is 0. The summed E-state index contributed by atoms with van der Waals surface area (Å²) in [6, 6.07) is 8.38. The number of methoxy groups -OCH3 is 2. The summed E-state index contributed by atoms with van der Waals surface area (Å²) in [5.41, 5.74) is 7.72. The highest BCUT2D eigenvalue weighted by atomic mass is 16.5. The molecule has 1 saturated carbocycles. The van der Waals surface area contributed by atoms with Gasteiger partial charge in [-0.25, -0.2) is 0 Å². The molecule has 0 saturated heterocycles. The van der Waals surface area contributed by atoms with Crippen LogP contribution in [0.4, 0.5) is 0 Å². The highest BCUT2D eigenvalue weighted by Crippen LogP contribution is 2.29. The normalized spacial score (nSPS) is 19.2. The van der Waals surface area contributed by atoms with E-state index < -0.39 is 0 Å². The predicted octanol–water partition coefficient (Wildman–Crippen LogP) is 3.55. The average Bonchev–Trinajstić information content (AvgIpc) is 2.55. The van der Waals surface area contributed by atoms with Crippen LogP contribution in [-0.4, -0.2) is 26.4 Å². The van der Waals surface area contributed by atoms with E-state index in [2.05, 4.69) is 12.1 Å². The van der Waals surface area contributed by atoms with Crippen molar-refractivity contribution in [2.24, 2.45) is 11.7 Å². The molecule has 1 aliphatic rings. The fraction of sp³-hybridized carbons (Fsp3) is 0.667. The molecule has 1 fully saturated rings. The summed E-state index contributed by atoms with van der Waals surface area (Å²) in [6.07, 6.45) is 8.76. The first-order valence-electron chi connectivity index (χ1n) is 8.16. The second kappa shape index (κ2) is 8.40. The van der Waals surface area contributed by atoms with E-state index >= 15 is 0 Å². The summed E-state index contributed by atoms with van der Waals surface area (Å²) >= 11 is 0. The van der Waals surface area contributed by atoms with Gasteiger partial charge in [-0.3, -0.25) is 0 Å². The van der Waals surface area contributed by atoms with E-state index in [0.29, 0.717) is 5.92 Å². The molecule has 2 atom stereocenters. The quantitative estimate of drug-likeness (QED) is 0.835. The summed E-state index contributed by atoms with van der Waals surface area (Å²) in [5, 5.41) is 0. The molecule has 1 aliphatic carbocycles. The van der Waals surface area contributed by atoms with Gasteiger partial charge in [-0.05, 0) is 49.3 Å². The fourth-order valence-corrected chi connectivity index (χ4v) is 3.47. The van der Waals surface area contributed by atoms with Crippen molar-refractivity contribution in [3.63, 3.8) is 0 Å². The first-order valence-corrected chi connectivity index (χ1v) is 8.16. The van der Waals surface area contributed by atoms with Gasteiger partial charge in [-0.15, -0.1) is 0 Å². The fourth-order valence-electron chi connectivity index (χ4n) is 3.47. The Morgan fingerprint density at radius 3 is 2.33 bits per heavy atom. The standard InChI is InChI=1S/C18H29NO2/c1-20-16-11-8-14(9-12-16)10-13-17(19)18(21-2)15-6-4-3-5-7-15/h8-9,11-12,15,17-18H,3-7,10,13,19H2,1-2H3. The van der Waals surface area contributed by atoms with Crippen LogP contribution in [0.2, 0.25) is 0 Å². The van der Waals surface area contributed by atoms with Crippen molar-refractivity contribution >= 4 is 0 Å². The van der Waals surface area contributed by atoms with Crippen molar-refractivity contribution in [1.29, 1.82) is 0 Å². The Hall–Kier alpha value is -1.06. The summed E-state index contributed by atoms with van der Waals surface area (Å²) in [5.74, 6) is 1.55. The number of hydrogen-bond acceptors (Lipinski definition) is 3. The Kier molecular flexibility index (Phi) is 6.52. The maximum Gasteiger partial charge on any atom is 0.118 e. The number of benzene rings is 1. The van der Waals surface area contributed by atoms with Gasteiger partial charge in [-0.2, -0.15) is 0 Å². The third-order valence-corrected chi connectivity index (χ3v) is 4.73. The Labute approximate surface area is 128 Å². The molecule has 2 rings (SSSR count). The lowest BCUT2D eigenvalue weighted by atomic mass is 9.81. The topological polar surface area (TPSA) is 44.5 Å². The molecule has 0 amide bonds. The third kappa shape index (κ3) is 4.72. The van der Waals surface area contributed by atoms with Crippen LogP contribution in [0.3, 0.4) is 0 Å². The van der Waals surface area contributed by atoms with Crippen LogP contribution in [-0.2, 0) is 11.2 Å². The Morgan fingerprint density at radius 2 is 1.76 bits per heavy atom. The second-order valence-corrected chi connectivity index (χ2v) is 6.15. The number of ether oxygens (including phenoxy) is 2. The van der Waals surface area contributed by atoms with Gasteiger partial charge in [0.2, 0.25) is 0 Å². The highest BCUT2D eigenvalue weighted by Gasteiger charge is 2.28. The van der Waals surface area contributed by atoms with Gasteiger partial charge in [0.1, 0.15) is 5.75 Å². The van der Waals surface area contributed by atoms with Crippen molar-refractivity contribution in [3.8, 4) is 5.75 Å². The number of aryl methyl sites for hydroxylation is 1. The van der Waals surface area contributed by atoms with Crippen LogP contribution in [0.15, 0.2) is 24.3 Å². The van der Waals surface area contributed by atoms with E-state index in [-0.39, 0.29) is 12.1 Å². The van der Waals surface area contributed by atoms with E-state index in [1.54, 1.807) is 7.11 Å². The summed E-state index contributed by atoms with van der Waals surface area (Å²) in [6.45, 7) is 0. The summed E-state index contributed by atoms with van der Waals surface area (Å²) in [7, 11) is 3.50. The van der Waals surface area contributed by atoms with Gasteiger partial charge in [0.05, 0.1) is 13.2 Å². The van der Waals surface area contributed by atoms with E-state index in [1.807, 2.05) is 19.2 Å². The van der Waals surface area contributed by atoms with Crippen molar-refractivity contribution in [1.82, 2.24) is 0 Å². The minimum atomic E-state index is 0.125. The lowest BCUT2D eigenvalue weighted by Gasteiger charge is -2.33. The highest BCUT2D eigenvalue weighted by molar-refractivity contribution is 5.27. The molecule has 1 aromatic rings. The largest absolute Gasteiger partial charge is 0.497 e. The molecule has 21 heavy (non-hydrogen) atoms. The van der Waals surface area contributed by atoms with Gasteiger partial charge < -0.3 is 15.2 Å². The molecule has 0 heterocycles. The molecule has 3 nitrogen and oxygen atoms in total. The Bertz CT molecular complexity index is 398. The van der Waals surface area contributed by atoms with Crippen LogP contribution < -0.4 is 10.5 Å². The monoisotopic (exact) mass is 291 g/mol. The average molecular weight is 291 g/mol. The molecule has 0 aromatic heterocycles. The van der Waals surface area contributed by atoms with Crippen LogP contribution in [0.25, 0.3) is 0 Å². The van der Waals surface area contributed by atoms with Gasteiger partial charge in [0.15, 0.2) is 0 Å². The van der Waals surface area contributed by atoms with Crippen LogP contribution in [0.1, 0.15) is 44.1 Å². The van der Waals surface area contributed by atoms with Crippen molar-refractivity contribution < 1.29 is 9.47 Å². The maximum absolute atomic E-state index is 6.41. The summed E-state index contributed by atoms with van der Waals surface area (Å²) < 4.78 is 10.9. The first-order chi connectivity index (χ1) is 10.2. The zero-order valence-corrected chi connectivity index (χ0v) is 13.4. The molecular weight excluding hydrogens is 262 g/mol. The van der Waals surface area contributed by atoms with Gasteiger partial charge in [-0.1, -0.05) is 31.4 Å². The van der Waals surface area contributed by atoms with E-state index in [4.69, 9.17) is 15.2 Å². The minimum absolute atomic E-state index is 0.125. The molecule has 1 aromatic carbocycles. The lowest BCUT2D eigenvalue weighted by molar-refractivity contribution is 0.0160. The number of rotatable bonds is 7. The predicted molar refractivity (Wildman–Crippen MR) is 86.7 cm³/mol. The molecule has 2 unspecified atom stereocenters. The molecule has 118 valence electrons.